The Morgan fingerprint density at radius 1 is 1.24 bits per heavy atom. The first kappa shape index (κ1) is 17.7. The number of hydrogen-bond acceptors (Lipinski definition) is 4. The lowest BCUT2D eigenvalue weighted by Crippen LogP contribution is -2.34. The van der Waals surface area contributed by atoms with Crippen LogP contribution in [0.25, 0.3) is 0 Å². The van der Waals surface area contributed by atoms with Gasteiger partial charge in [0.25, 0.3) is 0 Å². The summed E-state index contributed by atoms with van der Waals surface area (Å²) in [6.45, 7) is 8.30. The van der Waals surface area contributed by atoms with Gasteiger partial charge < -0.3 is 9.64 Å². The maximum atomic E-state index is 11.0. The van der Waals surface area contributed by atoms with E-state index in [1.807, 2.05) is 12.1 Å². The number of carbonyl (C=O) groups excluding carboxylic acids is 1. The fraction of sp³-hybridized carbons (Fsp3) is 0.588. The summed E-state index contributed by atoms with van der Waals surface area (Å²) in [5.74, 6) is 1.45. The molecule has 1 aromatic rings. The monoisotopic (exact) mass is 292 g/mol. The Morgan fingerprint density at radius 3 is 2.48 bits per heavy atom. The van der Waals surface area contributed by atoms with Gasteiger partial charge in [0.05, 0.1) is 7.11 Å². The first-order valence-corrected chi connectivity index (χ1v) is 7.45. The number of hydrogen-bond donors (Lipinski definition) is 0. The van der Waals surface area contributed by atoms with E-state index < -0.39 is 0 Å². The second-order valence-corrected chi connectivity index (χ2v) is 6.12. The zero-order chi connectivity index (χ0) is 15.8. The van der Waals surface area contributed by atoms with Crippen LogP contribution in [0.1, 0.15) is 29.8 Å². The molecular formula is C17H28N2O2. The molecule has 0 aliphatic carbocycles. The Balaban J connectivity index is 2.87. The third-order valence-corrected chi connectivity index (χ3v) is 3.32. The molecule has 0 amide bonds. The molecule has 0 saturated heterocycles. The molecule has 0 fully saturated rings. The summed E-state index contributed by atoms with van der Waals surface area (Å²) in [5.41, 5.74) is 1.77. The van der Waals surface area contributed by atoms with Crippen LogP contribution in [0, 0.1) is 5.92 Å². The second-order valence-electron chi connectivity index (χ2n) is 6.12. The lowest BCUT2D eigenvalue weighted by molar-refractivity contribution is 0.112. The standard InChI is InChI=1S/C17H28N2O2/c1-14(2)11-19(9-8-18(3)4)12-16-10-15(13-20)6-7-17(16)21-5/h6-7,10,13-14H,8-9,11-12H2,1-5H3. The number of likely N-dealkylation sites (N-methyl/N-ethyl adjacent to an activating group) is 1. The molecule has 1 rings (SSSR count). The van der Waals surface area contributed by atoms with Crippen molar-refractivity contribution in [3.8, 4) is 5.75 Å². The molecule has 0 aromatic heterocycles. The van der Waals surface area contributed by atoms with Gasteiger partial charge >= 0.3 is 0 Å². The number of rotatable bonds is 9. The summed E-state index contributed by atoms with van der Waals surface area (Å²) in [4.78, 5) is 15.6. The SMILES string of the molecule is COc1ccc(C=O)cc1CN(CCN(C)C)CC(C)C. The quantitative estimate of drug-likeness (QED) is 0.655. The summed E-state index contributed by atoms with van der Waals surface area (Å²) >= 11 is 0. The van der Waals surface area contributed by atoms with Crippen LogP contribution in [0.15, 0.2) is 18.2 Å². The smallest absolute Gasteiger partial charge is 0.150 e. The van der Waals surface area contributed by atoms with E-state index in [2.05, 4.69) is 37.7 Å². The van der Waals surface area contributed by atoms with E-state index in [-0.39, 0.29) is 0 Å². The summed E-state index contributed by atoms with van der Waals surface area (Å²) in [7, 11) is 5.84. The van der Waals surface area contributed by atoms with Crippen molar-refractivity contribution in [2.24, 2.45) is 5.92 Å². The highest BCUT2D eigenvalue weighted by atomic mass is 16.5. The van der Waals surface area contributed by atoms with E-state index in [1.165, 1.54) is 0 Å². The predicted molar refractivity (Wildman–Crippen MR) is 87.1 cm³/mol. The van der Waals surface area contributed by atoms with Crippen molar-refractivity contribution in [1.82, 2.24) is 9.80 Å². The van der Waals surface area contributed by atoms with Crippen LogP contribution in [0.2, 0.25) is 0 Å². The molecule has 0 bridgehead atoms. The van der Waals surface area contributed by atoms with Crippen molar-refractivity contribution in [2.75, 3.05) is 40.8 Å². The van der Waals surface area contributed by atoms with E-state index in [4.69, 9.17) is 4.74 Å². The number of ether oxygens (including phenoxy) is 1. The van der Waals surface area contributed by atoms with E-state index in [1.54, 1.807) is 13.2 Å². The summed E-state index contributed by atoms with van der Waals surface area (Å²) in [6.07, 6.45) is 0.884. The Labute approximate surface area is 128 Å². The summed E-state index contributed by atoms with van der Waals surface area (Å²) in [6, 6.07) is 5.59. The number of aldehydes is 1. The van der Waals surface area contributed by atoms with Crippen molar-refractivity contribution in [3.63, 3.8) is 0 Å². The first-order valence-electron chi connectivity index (χ1n) is 7.45. The molecule has 0 radical (unpaired) electrons. The maximum Gasteiger partial charge on any atom is 0.150 e. The molecule has 0 heterocycles. The van der Waals surface area contributed by atoms with Gasteiger partial charge in [-0.2, -0.15) is 0 Å². The number of carbonyl (C=O) groups is 1. The van der Waals surface area contributed by atoms with Crippen LogP contribution in [0.5, 0.6) is 5.75 Å². The topological polar surface area (TPSA) is 32.8 Å². The fourth-order valence-electron chi connectivity index (χ4n) is 2.33. The molecule has 0 atom stereocenters. The van der Waals surface area contributed by atoms with Crippen LogP contribution in [-0.2, 0) is 6.54 Å². The molecule has 0 N–H and O–H groups in total. The fourth-order valence-corrected chi connectivity index (χ4v) is 2.33. The maximum absolute atomic E-state index is 11.0. The molecule has 0 unspecified atom stereocenters. The van der Waals surface area contributed by atoms with E-state index in [0.29, 0.717) is 11.5 Å². The van der Waals surface area contributed by atoms with Gasteiger partial charge in [0.2, 0.25) is 0 Å². The molecule has 0 saturated carbocycles. The molecule has 4 heteroatoms. The molecule has 0 aliphatic heterocycles. The van der Waals surface area contributed by atoms with Crippen LogP contribution in [0.4, 0.5) is 0 Å². The average Bonchev–Trinajstić information content (AvgIpc) is 2.44. The molecule has 0 aliphatic rings. The van der Waals surface area contributed by atoms with Gasteiger partial charge in [0.15, 0.2) is 0 Å². The van der Waals surface area contributed by atoms with Crippen molar-refractivity contribution in [2.45, 2.75) is 20.4 Å². The minimum Gasteiger partial charge on any atom is -0.496 e. The van der Waals surface area contributed by atoms with Gasteiger partial charge in [-0.15, -0.1) is 0 Å². The highest BCUT2D eigenvalue weighted by Gasteiger charge is 2.12. The van der Waals surface area contributed by atoms with E-state index in [0.717, 1.165) is 43.8 Å². The van der Waals surface area contributed by atoms with Gasteiger partial charge in [-0.05, 0) is 38.2 Å². The van der Waals surface area contributed by atoms with Crippen LogP contribution in [0.3, 0.4) is 0 Å². The molecule has 21 heavy (non-hydrogen) atoms. The lowest BCUT2D eigenvalue weighted by atomic mass is 10.1. The summed E-state index contributed by atoms with van der Waals surface area (Å²) < 4.78 is 5.42. The van der Waals surface area contributed by atoms with Crippen LogP contribution >= 0.6 is 0 Å². The minimum atomic E-state index is 0.604. The normalized spacial score (nSPS) is 11.4. The molecule has 0 spiro atoms. The minimum absolute atomic E-state index is 0.604. The lowest BCUT2D eigenvalue weighted by Gasteiger charge is -2.26. The third kappa shape index (κ3) is 6.27. The number of nitrogens with zero attached hydrogens (tertiary/aromatic N) is 2. The Kier molecular flexibility index (Phi) is 7.40. The largest absolute Gasteiger partial charge is 0.496 e. The van der Waals surface area contributed by atoms with Crippen molar-refractivity contribution < 1.29 is 9.53 Å². The molecule has 1 aromatic carbocycles. The van der Waals surface area contributed by atoms with Crippen molar-refractivity contribution >= 4 is 6.29 Å². The first-order chi connectivity index (χ1) is 9.96. The van der Waals surface area contributed by atoms with Gasteiger partial charge in [-0.3, -0.25) is 9.69 Å². The zero-order valence-corrected chi connectivity index (χ0v) is 13.9. The van der Waals surface area contributed by atoms with E-state index >= 15 is 0 Å². The predicted octanol–water partition coefficient (Wildman–Crippen LogP) is 2.53. The highest BCUT2D eigenvalue weighted by molar-refractivity contribution is 5.75. The Morgan fingerprint density at radius 2 is 1.95 bits per heavy atom. The van der Waals surface area contributed by atoms with E-state index in [9.17, 15) is 4.79 Å². The average molecular weight is 292 g/mol. The Bertz CT molecular complexity index is 444. The number of methoxy groups -OCH3 is 1. The van der Waals surface area contributed by atoms with Crippen molar-refractivity contribution in [3.05, 3.63) is 29.3 Å². The second kappa shape index (κ2) is 8.80. The third-order valence-electron chi connectivity index (χ3n) is 3.32. The van der Waals surface area contributed by atoms with Gasteiger partial charge in [-0.25, -0.2) is 0 Å². The van der Waals surface area contributed by atoms with Gasteiger partial charge in [0.1, 0.15) is 12.0 Å². The van der Waals surface area contributed by atoms with Gasteiger partial charge in [0, 0.05) is 37.3 Å². The molecule has 4 nitrogen and oxygen atoms in total. The molecular weight excluding hydrogens is 264 g/mol. The van der Waals surface area contributed by atoms with Gasteiger partial charge in [-0.1, -0.05) is 13.8 Å². The number of benzene rings is 1. The van der Waals surface area contributed by atoms with Crippen molar-refractivity contribution in [1.29, 1.82) is 0 Å². The van der Waals surface area contributed by atoms with Crippen LogP contribution in [-0.4, -0.2) is 56.9 Å². The summed E-state index contributed by atoms with van der Waals surface area (Å²) in [5, 5.41) is 0. The zero-order valence-electron chi connectivity index (χ0n) is 13.9. The highest BCUT2D eigenvalue weighted by Crippen LogP contribution is 2.21. The molecule has 118 valence electrons. The van der Waals surface area contributed by atoms with Crippen LogP contribution < -0.4 is 4.74 Å². The Hall–Kier alpha value is -1.39.